The van der Waals surface area contributed by atoms with E-state index in [0.717, 1.165) is 11.3 Å². The lowest BCUT2D eigenvalue weighted by atomic mass is 10.2. The Morgan fingerprint density at radius 2 is 2.00 bits per heavy atom. The Morgan fingerprint density at radius 1 is 1.26 bits per heavy atom. The van der Waals surface area contributed by atoms with Gasteiger partial charge in [0.25, 0.3) is 0 Å². The second-order valence-electron chi connectivity index (χ2n) is 4.61. The summed E-state index contributed by atoms with van der Waals surface area (Å²) in [6, 6.07) is 2.04. The molecule has 0 bridgehead atoms. The number of methoxy groups -OCH3 is 1. The predicted octanol–water partition coefficient (Wildman–Crippen LogP) is 3.28. The van der Waals surface area contributed by atoms with Crippen LogP contribution in [0.4, 0.5) is 0 Å². The van der Waals surface area contributed by atoms with Gasteiger partial charge in [-0.3, -0.25) is 4.68 Å². The summed E-state index contributed by atoms with van der Waals surface area (Å²) in [7, 11) is 1.62. The van der Waals surface area contributed by atoms with Crippen LogP contribution in [0.2, 0.25) is 5.15 Å². The Balaban J connectivity index is 2.40. The molecule has 0 aliphatic heterocycles. The van der Waals surface area contributed by atoms with Gasteiger partial charge in [0.1, 0.15) is 11.3 Å². The first kappa shape index (κ1) is 14.0. The van der Waals surface area contributed by atoms with E-state index >= 15 is 0 Å². The quantitative estimate of drug-likeness (QED) is 0.807. The minimum absolute atomic E-state index is 0.197. The van der Waals surface area contributed by atoms with Gasteiger partial charge < -0.3 is 4.74 Å². The zero-order valence-corrected chi connectivity index (χ0v) is 12.2. The fourth-order valence-corrected chi connectivity index (χ4v) is 1.81. The Morgan fingerprint density at radius 3 is 2.58 bits per heavy atom. The number of rotatable bonds is 4. The minimum Gasteiger partial charge on any atom is -0.374 e. The maximum absolute atomic E-state index is 6.04. The van der Waals surface area contributed by atoms with Gasteiger partial charge in [-0.2, -0.15) is 5.10 Å². The van der Waals surface area contributed by atoms with E-state index in [1.807, 2.05) is 17.8 Å². The van der Waals surface area contributed by atoms with Crippen LogP contribution in [0.25, 0.3) is 11.3 Å². The van der Waals surface area contributed by atoms with E-state index < -0.39 is 0 Å². The maximum atomic E-state index is 6.04. The molecule has 6 heteroatoms. The topological polar surface area (TPSA) is 52.8 Å². The summed E-state index contributed by atoms with van der Waals surface area (Å²) in [5, 5.41) is 4.70. The minimum atomic E-state index is -0.197. The molecule has 19 heavy (non-hydrogen) atoms. The fourth-order valence-electron chi connectivity index (χ4n) is 1.62. The summed E-state index contributed by atoms with van der Waals surface area (Å²) >= 11 is 6.04. The van der Waals surface area contributed by atoms with Crippen LogP contribution in [0.5, 0.6) is 0 Å². The van der Waals surface area contributed by atoms with Gasteiger partial charge in [-0.05, 0) is 20.8 Å². The molecular formula is C13H17ClN4O. The first-order chi connectivity index (χ1) is 9.01. The number of hydrogen-bond donors (Lipinski definition) is 0. The molecule has 0 aliphatic carbocycles. The van der Waals surface area contributed by atoms with Crippen LogP contribution < -0.4 is 0 Å². The van der Waals surface area contributed by atoms with E-state index in [1.54, 1.807) is 19.4 Å². The van der Waals surface area contributed by atoms with Crippen molar-refractivity contribution in [3.8, 4) is 11.3 Å². The molecule has 0 amide bonds. The summed E-state index contributed by atoms with van der Waals surface area (Å²) in [6.07, 6.45) is 3.53. The third-order valence-corrected chi connectivity index (χ3v) is 3.05. The number of ether oxygens (including phenoxy) is 1. The molecule has 0 aromatic carbocycles. The molecule has 5 nitrogen and oxygen atoms in total. The Kier molecular flexibility index (Phi) is 4.17. The molecule has 2 rings (SSSR count). The standard InChI is InChI=1S/C13H17ClN4O/c1-8(2)18-7-10(6-15-18)11-5-12(14)17-13(16-11)9(3)19-4/h5-9H,1-4H3/t9-/m0/s1. The third kappa shape index (κ3) is 3.11. The number of nitrogens with zero attached hydrogens (tertiary/aromatic N) is 4. The lowest BCUT2D eigenvalue weighted by Crippen LogP contribution is -2.04. The van der Waals surface area contributed by atoms with Crippen LogP contribution in [0.3, 0.4) is 0 Å². The van der Waals surface area contributed by atoms with Crippen LogP contribution in [-0.2, 0) is 4.74 Å². The van der Waals surface area contributed by atoms with Crippen molar-refractivity contribution in [1.29, 1.82) is 0 Å². The van der Waals surface area contributed by atoms with Crippen molar-refractivity contribution in [2.24, 2.45) is 0 Å². The highest BCUT2D eigenvalue weighted by molar-refractivity contribution is 6.29. The van der Waals surface area contributed by atoms with E-state index in [-0.39, 0.29) is 6.10 Å². The molecule has 0 radical (unpaired) electrons. The molecule has 1 atom stereocenters. The Hall–Kier alpha value is -1.46. The second-order valence-corrected chi connectivity index (χ2v) is 5.00. The molecular weight excluding hydrogens is 264 g/mol. The van der Waals surface area contributed by atoms with Gasteiger partial charge in [-0.1, -0.05) is 11.6 Å². The highest BCUT2D eigenvalue weighted by Gasteiger charge is 2.13. The van der Waals surface area contributed by atoms with E-state index in [9.17, 15) is 0 Å². The molecule has 0 unspecified atom stereocenters. The van der Waals surface area contributed by atoms with Crippen LogP contribution >= 0.6 is 11.6 Å². The molecule has 0 saturated carbocycles. The summed E-state index contributed by atoms with van der Waals surface area (Å²) < 4.78 is 7.10. The zero-order valence-electron chi connectivity index (χ0n) is 11.5. The Labute approximate surface area is 117 Å². The van der Waals surface area contributed by atoms with Gasteiger partial charge in [-0.15, -0.1) is 0 Å². The lowest BCUT2D eigenvalue weighted by molar-refractivity contribution is 0.112. The monoisotopic (exact) mass is 280 g/mol. The molecule has 2 aromatic rings. The van der Waals surface area contributed by atoms with E-state index in [0.29, 0.717) is 17.0 Å². The Bertz CT molecular complexity index is 568. The van der Waals surface area contributed by atoms with Crippen LogP contribution in [0.1, 0.15) is 38.7 Å². The van der Waals surface area contributed by atoms with Gasteiger partial charge in [0, 0.05) is 31.0 Å². The highest BCUT2D eigenvalue weighted by Crippen LogP contribution is 2.23. The van der Waals surface area contributed by atoms with Crippen molar-refractivity contribution >= 4 is 11.6 Å². The third-order valence-electron chi connectivity index (χ3n) is 2.86. The molecule has 0 N–H and O–H groups in total. The number of halogens is 1. The van der Waals surface area contributed by atoms with Crippen molar-refractivity contribution in [2.75, 3.05) is 7.11 Å². The van der Waals surface area contributed by atoms with Crippen molar-refractivity contribution in [2.45, 2.75) is 32.9 Å². The average Bonchev–Trinajstić information content (AvgIpc) is 2.86. The molecule has 0 aliphatic rings. The SMILES string of the molecule is CO[C@@H](C)c1nc(Cl)cc(-c2cnn(C(C)C)c2)n1. The maximum Gasteiger partial charge on any atom is 0.159 e. The summed E-state index contributed by atoms with van der Waals surface area (Å²) in [4.78, 5) is 8.65. The van der Waals surface area contributed by atoms with Crippen molar-refractivity contribution in [3.63, 3.8) is 0 Å². The predicted molar refractivity (Wildman–Crippen MR) is 74.1 cm³/mol. The summed E-state index contributed by atoms with van der Waals surface area (Å²) in [6.45, 7) is 6.03. The van der Waals surface area contributed by atoms with E-state index in [2.05, 4.69) is 28.9 Å². The van der Waals surface area contributed by atoms with Gasteiger partial charge in [-0.25, -0.2) is 9.97 Å². The van der Waals surface area contributed by atoms with Gasteiger partial charge in [0.05, 0.1) is 11.9 Å². The van der Waals surface area contributed by atoms with Crippen molar-refractivity contribution in [3.05, 3.63) is 29.4 Å². The molecule has 0 fully saturated rings. The fraction of sp³-hybridized carbons (Fsp3) is 0.462. The highest BCUT2D eigenvalue weighted by atomic mass is 35.5. The normalized spacial score (nSPS) is 12.9. The van der Waals surface area contributed by atoms with Crippen LogP contribution in [-0.4, -0.2) is 26.9 Å². The largest absolute Gasteiger partial charge is 0.374 e. The molecule has 0 saturated heterocycles. The second kappa shape index (κ2) is 5.67. The molecule has 2 aromatic heterocycles. The lowest BCUT2D eigenvalue weighted by Gasteiger charge is -2.09. The van der Waals surface area contributed by atoms with Gasteiger partial charge in [0.2, 0.25) is 0 Å². The van der Waals surface area contributed by atoms with Crippen molar-refractivity contribution in [1.82, 2.24) is 19.7 Å². The van der Waals surface area contributed by atoms with Gasteiger partial charge in [0.15, 0.2) is 5.82 Å². The molecule has 0 spiro atoms. The van der Waals surface area contributed by atoms with Crippen LogP contribution in [0, 0.1) is 0 Å². The van der Waals surface area contributed by atoms with Crippen molar-refractivity contribution < 1.29 is 4.74 Å². The summed E-state index contributed by atoms with van der Waals surface area (Å²) in [5.41, 5.74) is 1.67. The smallest absolute Gasteiger partial charge is 0.159 e. The van der Waals surface area contributed by atoms with E-state index in [1.165, 1.54) is 0 Å². The first-order valence-electron chi connectivity index (χ1n) is 6.13. The first-order valence-corrected chi connectivity index (χ1v) is 6.51. The number of hydrogen-bond acceptors (Lipinski definition) is 4. The van der Waals surface area contributed by atoms with Gasteiger partial charge >= 0.3 is 0 Å². The van der Waals surface area contributed by atoms with E-state index in [4.69, 9.17) is 16.3 Å². The molecule has 2 heterocycles. The zero-order chi connectivity index (χ0) is 14.0. The average molecular weight is 281 g/mol. The van der Waals surface area contributed by atoms with Crippen LogP contribution in [0.15, 0.2) is 18.5 Å². The molecule has 102 valence electrons. The number of aromatic nitrogens is 4. The summed E-state index contributed by atoms with van der Waals surface area (Å²) in [5.74, 6) is 0.572.